The number of rotatable bonds is 4. The van der Waals surface area contributed by atoms with Gasteiger partial charge in [-0.1, -0.05) is 19.0 Å². The number of carbonyl (C=O) groups is 1. The summed E-state index contributed by atoms with van der Waals surface area (Å²) in [5.41, 5.74) is 0. The van der Waals surface area contributed by atoms with Crippen molar-refractivity contribution in [2.45, 2.75) is 44.9 Å². The highest BCUT2D eigenvalue weighted by Crippen LogP contribution is 2.21. The number of β-amino-alcohol motifs (C(OH)–C–C–N with tert-alkyl or cyclic N) is 1. The standard InChI is InChI=1S/C12H19N3O4/c1-7(2)11-13-10(19-14-11)6-15-5-8(16)4-9(15)12(17)18-3/h7-9,16H,4-6H2,1-3H3. The van der Waals surface area contributed by atoms with Crippen molar-refractivity contribution in [3.63, 3.8) is 0 Å². The Morgan fingerprint density at radius 3 is 2.95 bits per heavy atom. The van der Waals surface area contributed by atoms with Crippen molar-refractivity contribution in [2.75, 3.05) is 13.7 Å². The molecule has 0 radical (unpaired) electrons. The van der Waals surface area contributed by atoms with Gasteiger partial charge in [-0.25, -0.2) is 0 Å². The zero-order valence-electron chi connectivity index (χ0n) is 11.4. The number of likely N-dealkylation sites (tertiary alicyclic amines) is 1. The summed E-state index contributed by atoms with van der Waals surface area (Å²) in [6, 6.07) is -0.450. The third-order valence-electron chi connectivity index (χ3n) is 3.19. The topological polar surface area (TPSA) is 88.7 Å². The van der Waals surface area contributed by atoms with E-state index in [0.29, 0.717) is 31.2 Å². The minimum Gasteiger partial charge on any atom is -0.468 e. The number of ether oxygens (including phenoxy) is 1. The van der Waals surface area contributed by atoms with E-state index in [0.717, 1.165) is 0 Å². The Kier molecular flexibility index (Phi) is 4.16. The summed E-state index contributed by atoms with van der Waals surface area (Å²) < 4.78 is 9.88. The molecule has 0 saturated carbocycles. The summed E-state index contributed by atoms with van der Waals surface area (Å²) in [5.74, 6) is 0.939. The van der Waals surface area contributed by atoms with Gasteiger partial charge in [-0.2, -0.15) is 4.98 Å². The van der Waals surface area contributed by atoms with Crippen molar-refractivity contribution >= 4 is 5.97 Å². The molecule has 1 aliphatic heterocycles. The largest absolute Gasteiger partial charge is 0.468 e. The highest BCUT2D eigenvalue weighted by atomic mass is 16.5. The molecule has 2 heterocycles. The van der Waals surface area contributed by atoms with E-state index in [2.05, 4.69) is 10.1 Å². The summed E-state index contributed by atoms with van der Waals surface area (Å²) >= 11 is 0. The Morgan fingerprint density at radius 2 is 2.37 bits per heavy atom. The first-order valence-corrected chi connectivity index (χ1v) is 6.33. The molecule has 1 aliphatic rings. The van der Waals surface area contributed by atoms with Crippen LogP contribution in [0.25, 0.3) is 0 Å². The molecule has 1 saturated heterocycles. The van der Waals surface area contributed by atoms with Gasteiger partial charge >= 0.3 is 5.97 Å². The molecule has 1 aromatic rings. The highest BCUT2D eigenvalue weighted by molar-refractivity contribution is 5.76. The van der Waals surface area contributed by atoms with Crippen LogP contribution in [0.4, 0.5) is 0 Å². The number of aromatic nitrogens is 2. The van der Waals surface area contributed by atoms with Crippen LogP contribution in [0.1, 0.15) is 37.9 Å². The molecular weight excluding hydrogens is 250 g/mol. The quantitative estimate of drug-likeness (QED) is 0.786. The van der Waals surface area contributed by atoms with Crippen LogP contribution in [0, 0.1) is 0 Å². The van der Waals surface area contributed by atoms with Crippen molar-refractivity contribution in [2.24, 2.45) is 0 Å². The van der Waals surface area contributed by atoms with Crippen LogP contribution in [0.2, 0.25) is 0 Å². The van der Waals surface area contributed by atoms with Crippen molar-refractivity contribution in [3.8, 4) is 0 Å². The lowest BCUT2D eigenvalue weighted by molar-refractivity contribution is -0.146. The fraction of sp³-hybridized carbons (Fsp3) is 0.750. The van der Waals surface area contributed by atoms with Crippen LogP contribution in [-0.4, -0.2) is 51.9 Å². The zero-order valence-corrected chi connectivity index (χ0v) is 11.4. The van der Waals surface area contributed by atoms with Crippen molar-refractivity contribution in [1.29, 1.82) is 0 Å². The number of methoxy groups -OCH3 is 1. The molecule has 2 unspecified atom stereocenters. The second kappa shape index (κ2) is 5.66. The lowest BCUT2D eigenvalue weighted by Crippen LogP contribution is -2.36. The Balaban J connectivity index is 2.05. The van der Waals surface area contributed by atoms with Gasteiger partial charge in [0.1, 0.15) is 6.04 Å². The van der Waals surface area contributed by atoms with Gasteiger partial charge < -0.3 is 14.4 Å². The molecule has 0 bridgehead atoms. The van der Waals surface area contributed by atoms with Crippen LogP contribution < -0.4 is 0 Å². The van der Waals surface area contributed by atoms with Crippen molar-refractivity contribution in [3.05, 3.63) is 11.7 Å². The molecular formula is C12H19N3O4. The number of hydrogen-bond donors (Lipinski definition) is 1. The molecule has 0 spiro atoms. The highest BCUT2D eigenvalue weighted by Gasteiger charge is 2.37. The first kappa shape index (κ1) is 14.0. The van der Waals surface area contributed by atoms with E-state index in [-0.39, 0.29) is 11.9 Å². The normalized spacial score (nSPS) is 24.1. The van der Waals surface area contributed by atoms with E-state index in [4.69, 9.17) is 9.26 Å². The van der Waals surface area contributed by atoms with Gasteiger partial charge in [-0.15, -0.1) is 0 Å². The van der Waals surface area contributed by atoms with Crippen LogP contribution >= 0.6 is 0 Å². The van der Waals surface area contributed by atoms with E-state index in [1.165, 1.54) is 7.11 Å². The third-order valence-corrected chi connectivity index (χ3v) is 3.19. The maximum atomic E-state index is 11.6. The van der Waals surface area contributed by atoms with E-state index in [1.54, 1.807) is 4.90 Å². The minimum absolute atomic E-state index is 0.193. The summed E-state index contributed by atoms with van der Waals surface area (Å²) in [6.07, 6.45) is -0.158. The van der Waals surface area contributed by atoms with E-state index < -0.39 is 12.1 Å². The average molecular weight is 269 g/mol. The van der Waals surface area contributed by atoms with Gasteiger partial charge in [0.2, 0.25) is 5.89 Å². The van der Waals surface area contributed by atoms with E-state index in [9.17, 15) is 9.90 Å². The predicted octanol–water partition coefficient (Wildman–Crippen LogP) is 0.301. The lowest BCUT2D eigenvalue weighted by atomic mass is 10.2. The maximum Gasteiger partial charge on any atom is 0.323 e. The molecule has 7 heteroatoms. The molecule has 1 fully saturated rings. The number of hydrogen-bond acceptors (Lipinski definition) is 7. The van der Waals surface area contributed by atoms with Crippen LogP contribution in [0.5, 0.6) is 0 Å². The van der Waals surface area contributed by atoms with Gasteiger partial charge in [-0.3, -0.25) is 9.69 Å². The van der Waals surface area contributed by atoms with Gasteiger partial charge in [0, 0.05) is 18.9 Å². The fourth-order valence-electron chi connectivity index (χ4n) is 2.18. The van der Waals surface area contributed by atoms with Crippen LogP contribution in [0.3, 0.4) is 0 Å². The molecule has 2 rings (SSSR count). The Hall–Kier alpha value is -1.47. The zero-order chi connectivity index (χ0) is 14.0. The van der Waals surface area contributed by atoms with Gasteiger partial charge in [0.25, 0.3) is 0 Å². The van der Waals surface area contributed by atoms with Gasteiger partial charge in [0.15, 0.2) is 5.82 Å². The summed E-state index contributed by atoms with van der Waals surface area (Å²) in [5, 5.41) is 13.5. The monoisotopic (exact) mass is 269 g/mol. The SMILES string of the molecule is COC(=O)C1CC(O)CN1Cc1nc(C(C)C)no1. The molecule has 1 aromatic heterocycles. The van der Waals surface area contributed by atoms with Crippen LogP contribution in [-0.2, 0) is 16.1 Å². The van der Waals surface area contributed by atoms with E-state index >= 15 is 0 Å². The molecule has 19 heavy (non-hydrogen) atoms. The molecule has 106 valence electrons. The average Bonchev–Trinajstić information content (AvgIpc) is 2.96. The number of nitrogens with zero attached hydrogens (tertiary/aromatic N) is 3. The first-order chi connectivity index (χ1) is 9.01. The summed E-state index contributed by atoms with van der Waals surface area (Å²) in [7, 11) is 1.34. The second-order valence-electron chi connectivity index (χ2n) is 5.06. The third kappa shape index (κ3) is 3.10. The Bertz CT molecular complexity index is 446. The van der Waals surface area contributed by atoms with Gasteiger partial charge in [0.05, 0.1) is 19.8 Å². The predicted molar refractivity (Wildman–Crippen MR) is 65.2 cm³/mol. The Morgan fingerprint density at radius 1 is 1.63 bits per heavy atom. The molecule has 2 atom stereocenters. The molecule has 0 amide bonds. The fourth-order valence-corrected chi connectivity index (χ4v) is 2.18. The minimum atomic E-state index is -0.531. The molecule has 7 nitrogen and oxygen atoms in total. The number of aliphatic hydroxyl groups excluding tert-OH is 1. The summed E-state index contributed by atoms with van der Waals surface area (Å²) in [6.45, 7) is 4.70. The number of esters is 1. The van der Waals surface area contributed by atoms with Crippen LogP contribution in [0.15, 0.2) is 4.52 Å². The maximum absolute atomic E-state index is 11.6. The second-order valence-corrected chi connectivity index (χ2v) is 5.06. The number of carbonyl (C=O) groups excluding carboxylic acids is 1. The molecule has 0 aliphatic carbocycles. The van der Waals surface area contributed by atoms with Gasteiger partial charge in [-0.05, 0) is 0 Å². The smallest absolute Gasteiger partial charge is 0.323 e. The van der Waals surface area contributed by atoms with Crippen molar-refractivity contribution < 1.29 is 19.2 Å². The summed E-state index contributed by atoms with van der Waals surface area (Å²) in [4.78, 5) is 17.7. The lowest BCUT2D eigenvalue weighted by Gasteiger charge is -2.19. The first-order valence-electron chi connectivity index (χ1n) is 6.33. The molecule has 0 aromatic carbocycles. The van der Waals surface area contributed by atoms with Crippen molar-refractivity contribution in [1.82, 2.24) is 15.0 Å². The molecule has 1 N–H and O–H groups in total. The number of aliphatic hydroxyl groups is 1. The van der Waals surface area contributed by atoms with E-state index in [1.807, 2.05) is 13.8 Å². The Labute approximate surface area is 111 Å².